The number of carbonyl (C=O) groups excluding carboxylic acids is 1. The number of aryl methyl sites for hydroxylation is 1. The third-order valence-corrected chi connectivity index (χ3v) is 4.91. The highest BCUT2D eigenvalue weighted by atomic mass is 35.5. The number of imidazole rings is 1. The van der Waals surface area contributed by atoms with Gasteiger partial charge in [0.25, 0.3) is 0 Å². The van der Waals surface area contributed by atoms with Crippen LogP contribution in [0.5, 0.6) is 5.75 Å². The number of H-pyrrole nitrogens is 1. The highest BCUT2D eigenvalue weighted by Crippen LogP contribution is 2.42. The summed E-state index contributed by atoms with van der Waals surface area (Å²) in [7, 11) is 1.36. The lowest BCUT2D eigenvalue weighted by atomic mass is 9.99. The van der Waals surface area contributed by atoms with Crippen LogP contribution in [0.25, 0.3) is 11.0 Å². The van der Waals surface area contributed by atoms with Crippen molar-refractivity contribution in [2.45, 2.75) is 32.8 Å². The molecule has 3 aromatic rings. The van der Waals surface area contributed by atoms with Gasteiger partial charge < -0.3 is 19.8 Å². The average molecular weight is 386 g/mol. The molecule has 6 nitrogen and oxygen atoms in total. The summed E-state index contributed by atoms with van der Waals surface area (Å²) >= 11 is 6.31. The van der Waals surface area contributed by atoms with Crippen molar-refractivity contribution in [1.29, 1.82) is 0 Å². The molecule has 0 amide bonds. The van der Waals surface area contributed by atoms with Crippen molar-refractivity contribution >= 4 is 40.2 Å². The Morgan fingerprint density at radius 1 is 1.37 bits per heavy atom. The molecule has 0 saturated heterocycles. The number of fused-ring (bicyclic) bond motifs is 3. The number of esters is 1. The van der Waals surface area contributed by atoms with Gasteiger partial charge in [-0.05, 0) is 44.5 Å². The molecule has 0 saturated carbocycles. The van der Waals surface area contributed by atoms with Gasteiger partial charge in [-0.3, -0.25) is 0 Å². The summed E-state index contributed by atoms with van der Waals surface area (Å²) in [6.45, 7) is 5.96. The van der Waals surface area contributed by atoms with Crippen molar-refractivity contribution in [3.05, 3.63) is 46.0 Å². The van der Waals surface area contributed by atoms with E-state index in [1.165, 1.54) is 7.11 Å². The number of hydrogen-bond donors (Lipinski definition) is 2. The van der Waals surface area contributed by atoms with E-state index in [2.05, 4.69) is 15.3 Å². The van der Waals surface area contributed by atoms with Crippen molar-refractivity contribution in [2.24, 2.45) is 0 Å². The molecule has 2 aromatic carbocycles. The van der Waals surface area contributed by atoms with Crippen molar-refractivity contribution in [1.82, 2.24) is 9.97 Å². The number of ether oxygens (including phenoxy) is 2. The molecule has 0 spiro atoms. The van der Waals surface area contributed by atoms with Gasteiger partial charge in [0.2, 0.25) is 5.95 Å². The molecule has 0 unspecified atom stereocenters. The van der Waals surface area contributed by atoms with E-state index in [-0.39, 0.29) is 0 Å². The number of benzene rings is 2. The van der Waals surface area contributed by atoms with Gasteiger partial charge >= 0.3 is 5.97 Å². The summed E-state index contributed by atoms with van der Waals surface area (Å²) in [5.41, 5.74) is 4.25. The zero-order valence-corrected chi connectivity index (χ0v) is 16.3. The van der Waals surface area contributed by atoms with E-state index in [0.29, 0.717) is 34.2 Å². The van der Waals surface area contributed by atoms with Crippen molar-refractivity contribution in [3.63, 3.8) is 0 Å². The molecular weight excluding hydrogens is 366 g/mol. The lowest BCUT2D eigenvalue weighted by Crippen LogP contribution is -2.25. The third-order valence-electron chi connectivity index (χ3n) is 4.60. The number of aromatic nitrogens is 2. The predicted molar refractivity (Wildman–Crippen MR) is 105 cm³/mol. The van der Waals surface area contributed by atoms with Crippen LogP contribution in [0, 0.1) is 6.92 Å². The lowest BCUT2D eigenvalue weighted by molar-refractivity contribution is 0.0590. The zero-order chi connectivity index (χ0) is 19.3. The molecular formula is C20H20ClN3O3. The van der Waals surface area contributed by atoms with Crippen LogP contribution in [-0.2, 0) is 11.2 Å². The fraction of sp³-hybridized carbons (Fsp3) is 0.300. The van der Waals surface area contributed by atoms with Gasteiger partial charge in [-0.2, -0.15) is 0 Å². The molecule has 0 aliphatic carbocycles. The minimum atomic E-state index is -0.440. The largest absolute Gasteiger partial charge is 0.486 e. The van der Waals surface area contributed by atoms with Gasteiger partial charge in [0.05, 0.1) is 28.9 Å². The molecule has 7 heteroatoms. The summed E-state index contributed by atoms with van der Waals surface area (Å²) in [6, 6.07) is 7.46. The number of nitrogens with zero attached hydrogens (tertiary/aromatic N) is 1. The molecule has 0 fully saturated rings. The predicted octanol–water partition coefficient (Wildman–Crippen LogP) is 4.77. The summed E-state index contributed by atoms with van der Waals surface area (Å²) in [6.07, 6.45) is 0.663. The molecule has 1 aliphatic heterocycles. The number of nitrogens with one attached hydrogen (secondary N) is 2. The first-order chi connectivity index (χ1) is 12.8. The van der Waals surface area contributed by atoms with Crippen LogP contribution in [0.1, 0.15) is 35.3 Å². The molecule has 140 valence electrons. The van der Waals surface area contributed by atoms with E-state index in [9.17, 15) is 4.79 Å². The maximum Gasteiger partial charge on any atom is 0.341 e. The number of aromatic amines is 1. The van der Waals surface area contributed by atoms with Crippen LogP contribution >= 0.6 is 11.6 Å². The molecule has 0 atom stereocenters. The second kappa shape index (κ2) is 6.16. The maximum atomic E-state index is 12.2. The fourth-order valence-corrected chi connectivity index (χ4v) is 3.68. The van der Waals surface area contributed by atoms with Gasteiger partial charge in [-0.1, -0.05) is 17.7 Å². The first-order valence-corrected chi connectivity index (χ1v) is 9.01. The molecule has 0 radical (unpaired) electrons. The second-order valence-electron chi connectivity index (χ2n) is 7.35. The van der Waals surface area contributed by atoms with Crippen LogP contribution in [0.15, 0.2) is 24.3 Å². The Morgan fingerprint density at radius 3 is 2.85 bits per heavy atom. The van der Waals surface area contributed by atoms with E-state index in [0.717, 1.165) is 22.3 Å². The van der Waals surface area contributed by atoms with Crippen molar-refractivity contribution in [2.75, 3.05) is 12.4 Å². The van der Waals surface area contributed by atoms with Gasteiger partial charge in [0, 0.05) is 12.0 Å². The van der Waals surface area contributed by atoms with E-state index < -0.39 is 11.6 Å². The Morgan fingerprint density at radius 2 is 2.15 bits per heavy atom. The zero-order valence-electron chi connectivity index (χ0n) is 15.6. The second-order valence-corrected chi connectivity index (χ2v) is 7.76. The van der Waals surface area contributed by atoms with Crippen molar-refractivity contribution in [3.8, 4) is 5.75 Å². The Labute approximate surface area is 161 Å². The fourth-order valence-electron chi connectivity index (χ4n) is 3.39. The number of hydrogen-bond acceptors (Lipinski definition) is 5. The van der Waals surface area contributed by atoms with Crippen LogP contribution in [0.4, 0.5) is 11.6 Å². The smallest absolute Gasteiger partial charge is 0.341 e. The SMILES string of the molecule is COC(=O)c1cc2nc(Nc3ccc(C)cc3Cl)[nH]c2c2c1OC(C)(C)C2. The number of rotatable bonds is 3. The van der Waals surface area contributed by atoms with Crippen LogP contribution in [-0.4, -0.2) is 28.6 Å². The normalized spacial score (nSPS) is 14.7. The Balaban J connectivity index is 1.82. The molecule has 27 heavy (non-hydrogen) atoms. The highest BCUT2D eigenvalue weighted by molar-refractivity contribution is 6.33. The standard InChI is InChI=1S/C20H20ClN3O3/c1-10-5-6-14(13(21)7-10)22-19-23-15-8-11(18(25)26-4)17-12(16(15)24-19)9-20(2,3)27-17/h5-8H,9H2,1-4H3,(H2,22,23,24). The lowest BCUT2D eigenvalue weighted by Gasteiger charge is -2.17. The third kappa shape index (κ3) is 3.10. The van der Waals surface area contributed by atoms with E-state index in [1.807, 2.05) is 39.0 Å². The number of carbonyl (C=O) groups is 1. The van der Waals surface area contributed by atoms with E-state index >= 15 is 0 Å². The van der Waals surface area contributed by atoms with Crippen LogP contribution in [0.2, 0.25) is 5.02 Å². The molecule has 2 N–H and O–H groups in total. The molecule has 0 bridgehead atoms. The Hall–Kier alpha value is -2.73. The maximum absolute atomic E-state index is 12.2. The Kier molecular flexibility index (Phi) is 4.03. The summed E-state index contributed by atoms with van der Waals surface area (Å²) in [5.74, 6) is 0.664. The first kappa shape index (κ1) is 17.7. The van der Waals surface area contributed by atoms with Gasteiger partial charge in [-0.15, -0.1) is 0 Å². The monoisotopic (exact) mass is 385 g/mol. The number of methoxy groups -OCH3 is 1. The Bertz CT molecular complexity index is 1070. The van der Waals surface area contributed by atoms with Crippen LogP contribution in [0.3, 0.4) is 0 Å². The number of halogens is 1. The minimum Gasteiger partial charge on any atom is -0.486 e. The highest BCUT2D eigenvalue weighted by Gasteiger charge is 2.36. The molecule has 1 aromatic heterocycles. The van der Waals surface area contributed by atoms with E-state index in [4.69, 9.17) is 21.1 Å². The van der Waals surface area contributed by atoms with Gasteiger partial charge in [-0.25, -0.2) is 9.78 Å². The van der Waals surface area contributed by atoms with Crippen LogP contribution < -0.4 is 10.1 Å². The first-order valence-electron chi connectivity index (χ1n) is 8.63. The van der Waals surface area contributed by atoms with Gasteiger partial charge in [0.15, 0.2) is 0 Å². The average Bonchev–Trinajstić information content (AvgIpc) is 3.15. The molecule has 1 aliphatic rings. The van der Waals surface area contributed by atoms with Gasteiger partial charge in [0.1, 0.15) is 16.9 Å². The van der Waals surface area contributed by atoms with Crippen molar-refractivity contribution < 1.29 is 14.3 Å². The molecule has 4 rings (SSSR count). The quantitative estimate of drug-likeness (QED) is 0.635. The summed E-state index contributed by atoms with van der Waals surface area (Å²) < 4.78 is 10.9. The summed E-state index contributed by atoms with van der Waals surface area (Å²) in [4.78, 5) is 20.1. The molecule has 2 heterocycles. The van der Waals surface area contributed by atoms with E-state index in [1.54, 1.807) is 6.07 Å². The minimum absolute atomic E-state index is 0.386. The summed E-state index contributed by atoms with van der Waals surface area (Å²) in [5, 5.41) is 3.82. The number of anilines is 2. The topological polar surface area (TPSA) is 76.2 Å².